The van der Waals surface area contributed by atoms with Gasteiger partial charge < -0.3 is 15.7 Å². The summed E-state index contributed by atoms with van der Waals surface area (Å²) in [5, 5.41) is 15.1. The first kappa shape index (κ1) is 42.2. The number of hydrogen-bond donors (Lipinski definition) is 3. The number of hydrogen-bond acceptors (Lipinski definition) is 5. The van der Waals surface area contributed by atoms with Gasteiger partial charge in [-0.1, -0.05) is 140 Å². The van der Waals surface area contributed by atoms with Crippen LogP contribution in [0.2, 0.25) is 5.02 Å². The van der Waals surface area contributed by atoms with Crippen LogP contribution in [0.3, 0.4) is 0 Å². The molecule has 2 aliphatic carbocycles. The largest absolute Gasteiger partial charge is 0.506 e. The van der Waals surface area contributed by atoms with Gasteiger partial charge in [0.05, 0.1) is 21.3 Å². The second-order valence-corrected chi connectivity index (χ2v) is 18.3. The van der Waals surface area contributed by atoms with Crippen molar-refractivity contribution in [3.63, 3.8) is 0 Å². The topological polar surface area (TPSA) is 113 Å². The molecule has 2 amide bonds. The van der Waals surface area contributed by atoms with Gasteiger partial charge in [0, 0.05) is 12.0 Å². The zero-order chi connectivity index (χ0) is 37.4. The first-order valence-electron chi connectivity index (χ1n) is 20.6. The molecular weight excluding hydrogens is 692 g/mol. The lowest BCUT2D eigenvalue weighted by atomic mass is 9.62. The van der Waals surface area contributed by atoms with Crippen LogP contribution in [0.25, 0.3) is 0 Å². The van der Waals surface area contributed by atoms with E-state index in [1.807, 2.05) is 6.07 Å². The number of nitrogens with one attached hydrogen (secondary N) is 2. The lowest BCUT2D eigenvalue weighted by Crippen LogP contribution is -2.36. The molecule has 7 nitrogen and oxygen atoms in total. The summed E-state index contributed by atoms with van der Waals surface area (Å²) >= 11 is 6.53. The van der Waals surface area contributed by atoms with Crippen molar-refractivity contribution in [1.29, 1.82) is 0 Å². The summed E-state index contributed by atoms with van der Waals surface area (Å²) in [6.07, 6.45) is 27.5. The molecule has 2 fully saturated rings. The van der Waals surface area contributed by atoms with E-state index in [9.17, 15) is 23.1 Å². The molecule has 2 saturated carbocycles. The Labute approximate surface area is 319 Å². The number of unbranched alkanes of at least 4 members (excludes halogenated alkanes) is 12. The summed E-state index contributed by atoms with van der Waals surface area (Å²) < 4.78 is 27.5. The monoisotopic (exact) mass is 756 g/mol. The molecule has 9 heteroatoms. The number of sulfone groups is 1. The molecule has 0 aromatic heterocycles. The minimum atomic E-state index is -4.00. The molecule has 0 radical (unpaired) electrons. The number of halogens is 1. The normalized spacial score (nSPS) is 17.9. The van der Waals surface area contributed by atoms with Gasteiger partial charge in [0.1, 0.15) is 11.0 Å². The summed E-state index contributed by atoms with van der Waals surface area (Å²) in [5.74, 6) is -1.20. The first-order valence-corrected chi connectivity index (χ1v) is 22.5. The van der Waals surface area contributed by atoms with Crippen LogP contribution in [0.1, 0.15) is 167 Å². The number of aryl methyl sites for hydroxylation is 1. The fourth-order valence-electron chi connectivity index (χ4n) is 8.57. The van der Waals surface area contributed by atoms with E-state index < -0.39 is 21.0 Å². The maximum absolute atomic E-state index is 13.7. The first-order chi connectivity index (χ1) is 25.1. The summed E-state index contributed by atoms with van der Waals surface area (Å²) in [7, 11) is -4.00. The number of phenolic OH excluding ortho intramolecular Hbond substituents is 1. The van der Waals surface area contributed by atoms with Gasteiger partial charge >= 0.3 is 0 Å². The van der Waals surface area contributed by atoms with Crippen molar-refractivity contribution in [3.05, 3.63) is 47.0 Å². The molecule has 2 aromatic rings. The van der Waals surface area contributed by atoms with Gasteiger partial charge in [-0.2, -0.15) is 0 Å². The van der Waals surface area contributed by atoms with Gasteiger partial charge in [0.15, 0.2) is 9.84 Å². The molecule has 2 atom stereocenters. The maximum atomic E-state index is 13.7. The molecule has 0 heterocycles. The third-order valence-corrected chi connectivity index (χ3v) is 14.2. The number of carbonyl (C=O) groups excluding carboxylic acids is 2. The van der Waals surface area contributed by atoms with Crippen LogP contribution in [-0.4, -0.2) is 30.6 Å². The van der Waals surface area contributed by atoms with Gasteiger partial charge in [0.2, 0.25) is 11.8 Å². The lowest BCUT2D eigenvalue weighted by molar-refractivity contribution is -0.122. The summed E-state index contributed by atoms with van der Waals surface area (Å²) in [4.78, 5) is 26.9. The number of carbonyl (C=O) groups is 2. The maximum Gasteiger partial charge on any atom is 0.243 e. The summed E-state index contributed by atoms with van der Waals surface area (Å²) in [5.41, 5.74) is 1.48. The Morgan fingerprint density at radius 1 is 0.808 bits per heavy atom. The quantitative estimate of drug-likeness (QED) is 0.0867. The van der Waals surface area contributed by atoms with E-state index >= 15 is 0 Å². The number of anilines is 2. The van der Waals surface area contributed by atoms with Crippen molar-refractivity contribution < 1.29 is 23.1 Å². The zero-order valence-corrected chi connectivity index (χ0v) is 33.5. The fraction of sp³-hybridized carbons (Fsp3) is 0.674. The van der Waals surface area contributed by atoms with E-state index in [2.05, 4.69) is 17.6 Å². The van der Waals surface area contributed by atoms with Crippen LogP contribution in [0.15, 0.2) is 41.3 Å². The molecule has 0 saturated heterocycles. The predicted molar refractivity (Wildman–Crippen MR) is 215 cm³/mol. The number of benzene rings is 2. The van der Waals surface area contributed by atoms with Crippen LogP contribution < -0.4 is 10.6 Å². The minimum absolute atomic E-state index is 0.0673. The van der Waals surface area contributed by atoms with Crippen molar-refractivity contribution in [2.24, 2.45) is 11.3 Å². The van der Waals surface area contributed by atoms with Crippen LogP contribution in [-0.2, 0) is 25.8 Å². The van der Waals surface area contributed by atoms with Crippen LogP contribution in [0, 0.1) is 11.3 Å². The van der Waals surface area contributed by atoms with E-state index in [4.69, 9.17) is 11.6 Å². The van der Waals surface area contributed by atoms with Crippen molar-refractivity contribution in [1.82, 2.24) is 0 Å². The number of phenols is 1. The molecule has 2 aromatic carbocycles. The van der Waals surface area contributed by atoms with Crippen molar-refractivity contribution in [3.8, 4) is 5.75 Å². The fourth-order valence-corrected chi connectivity index (χ4v) is 10.5. The van der Waals surface area contributed by atoms with Crippen LogP contribution in [0.5, 0.6) is 5.75 Å². The van der Waals surface area contributed by atoms with E-state index in [1.165, 1.54) is 121 Å². The second kappa shape index (κ2) is 21.3. The van der Waals surface area contributed by atoms with Crippen LogP contribution >= 0.6 is 11.6 Å². The van der Waals surface area contributed by atoms with E-state index in [0.717, 1.165) is 44.1 Å². The highest BCUT2D eigenvalue weighted by Crippen LogP contribution is 2.49. The number of aromatic hydroxyl groups is 1. The van der Waals surface area contributed by atoms with Gasteiger partial charge in [-0.25, -0.2) is 8.42 Å². The zero-order valence-electron chi connectivity index (χ0n) is 32.0. The Morgan fingerprint density at radius 2 is 1.42 bits per heavy atom. The Kier molecular flexibility index (Phi) is 17.3. The van der Waals surface area contributed by atoms with E-state index in [0.29, 0.717) is 0 Å². The lowest BCUT2D eigenvalue weighted by Gasteiger charge is -2.43. The average molecular weight is 758 g/mol. The molecule has 4 rings (SSSR count). The van der Waals surface area contributed by atoms with E-state index in [-0.39, 0.29) is 50.7 Å². The Morgan fingerprint density at radius 3 is 2.06 bits per heavy atom. The smallest absolute Gasteiger partial charge is 0.243 e. The number of rotatable bonds is 21. The highest BCUT2D eigenvalue weighted by Gasteiger charge is 2.39. The van der Waals surface area contributed by atoms with Crippen molar-refractivity contribution in [2.45, 2.75) is 178 Å². The average Bonchev–Trinajstić information content (AvgIpc) is 3.13. The third kappa shape index (κ3) is 12.5. The number of amides is 2. The van der Waals surface area contributed by atoms with Gasteiger partial charge in [-0.15, -0.1) is 0 Å². The molecule has 2 unspecified atom stereocenters. The molecule has 1 spiro atoms. The molecule has 0 aliphatic heterocycles. The Hall–Kier alpha value is -2.58. The molecule has 3 N–H and O–H groups in total. The molecular formula is C43H65ClN2O5S. The Bertz CT molecular complexity index is 1530. The molecule has 52 heavy (non-hydrogen) atoms. The minimum Gasteiger partial charge on any atom is -0.506 e. The SMILES string of the molecule is CCCCCCCCCCCCCCCc1cccc(S(=O)(=O)C(CC)C(=O)Nc2cc(O)c(NC(=O)C3CCCC4(CCCCC4)C3)cc2Cl)c1. The third-order valence-electron chi connectivity index (χ3n) is 11.7. The molecule has 290 valence electrons. The summed E-state index contributed by atoms with van der Waals surface area (Å²) in [6.45, 7) is 3.92. The highest BCUT2D eigenvalue weighted by atomic mass is 35.5. The highest BCUT2D eigenvalue weighted by molar-refractivity contribution is 7.92. The predicted octanol–water partition coefficient (Wildman–Crippen LogP) is 11.9. The van der Waals surface area contributed by atoms with Gasteiger partial charge in [-0.3, -0.25) is 9.59 Å². The molecule has 2 aliphatic rings. The van der Waals surface area contributed by atoms with Crippen LogP contribution in [0.4, 0.5) is 11.4 Å². The Balaban J connectivity index is 1.25. The summed E-state index contributed by atoms with van der Waals surface area (Å²) in [6, 6.07) is 9.64. The molecule has 0 bridgehead atoms. The van der Waals surface area contributed by atoms with E-state index in [1.54, 1.807) is 25.1 Å². The standard InChI is InChI=1S/C43H65ClN2O5S/c1-3-5-6-7-8-9-10-11-12-13-14-15-17-22-33-23-20-25-35(29-33)52(50,51)40(4-2)42(49)45-37-31-39(47)38(30-36(37)44)46-41(48)34-24-21-28-43(32-34)26-18-16-19-27-43/h20,23,25,29-31,34,40,47H,3-19,21-22,24,26-28,32H2,1-2H3,(H,45,49)(H,46,48). The van der Waals surface area contributed by atoms with Crippen molar-refractivity contribution in [2.75, 3.05) is 10.6 Å². The second-order valence-electron chi connectivity index (χ2n) is 15.8. The van der Waals surface area contributed by atoms with Gasteiger partial charge in [0.25, 0.3) is 0 Å². The van der Waals surface area contributed by atoms with Crippen molar-refractivity contribution >= 4 is 44.6 Å². The van der Waals surface area contributed by atoms with Gasteiger partial charge in [-0.05, 0) is 80.5 Å².